The number of fused-ring (bicyclic) bond motifs is 1. The van der Waals surface area contributed by atoms with Crippen LogP contribution >= 0.6 is 0 Å². The maximum absolute atomic E-state index is 15.2. The Balaban J connectivity index is 1.26. The maximum Gasteiger partial charge on any atom is 0.191 e. The van der Waals surface area contributed by atoms with Gasteiger partial charge in [-0.25, -0.2) is 28.7 Å². The Bertz CT molecular complexity index is 1920. The first-order chi connectivity index (χ1) is 23.4. The molecule has 0 saturated heterocycles. The van der Waals surface area contributed by atoms with Gasteiger partial charge in [0.05, 0.1) is 31.5 Å². The second-order valence-electron chi connectivity index (χ2n) is 14.0. The number of benzene rings is 2. The Hall–Kier alpha value is -4.49. The van der Waals surface area contributed by atoms with Crippen molar-refractivity contribution < 1.29 is 22.7 Å². The van der Waals surface area contributed by atoms with Crippen LogP contribution in [0.15, 0.2) is 54.9 Å². The van der Waals surface area contributed by atoms with Crippen LogP contribution in [-0.4, -0.2) is 57.9 Å². The van der Waals surface area contributed by atoms with Crippen LogP contribution in [0, 0.1) is 24.5 Å². The fraction of sp³-hybridized carbons (Fsp3) is 0.417. The van der Waals surface area contributed by atoms with Crippen molar-refractivity contribution >= 4 is 30.9 Å². The average molecular weight is 688 g/mol. The van der Waals surface area contributed by atoms with Crippen LogP contribution in [0.5, 0.6) is 11.5 Å². The molecule has 1 aliphatic rings. The Morgan fingerprint density at radius 2 is 1.73 bits per heavy atom. The van der Waals surface area contributed by atoms with Crippen molar-refractivity contribution in [2.24, 2.45) is 5.92 Å². The average Bonchev–Trinajstić information content (AvgIpc) is 3.81. The molecule has 3 aromatic heterocycles. The van der Waals surface area contributed by atoms with Crippen molar-refractivity contribution in [3.63, 3.8) is 0 Å². The number of ether oxygens (including phenoxy) is 2. The van der Waals surface area contributed by atoms with E-state index in [0.717, 1.165) is 18.2 Å². The van der Waals surface area contributed by atoms with E-state index in [2.05, 4.69) is 54.1 Å². The number of halogens is 2. The fourth-order valence-corrected chi connectivity index (χ4v) is 6.08. The molecule has 0 radical (unpaired) electrons. The SMILES string of the molecule is Cc1nccc(Nc2nc(-c3nn(Cc4c(F)cc(OCC5CC5)cc4F)c4ccccc34)ncc2OCCCO[Si](C)(C)C(C)(C)C)n1. The van der Waals surface area contributed by atoms with Gasteiger partial charge in [-0.1, -0.05) is 39.0 Å². The normalized spacial score (nSPS) is 13.6. The molecule has 0 spiro atoms. The molecule has 0 bridgehead atoms. The van der Waals surface area contributed by atoms with Crippen molar-refractivity contribution in [3.05, 3.63) is 77.9 Å². The lowest BCUT2D eigenvalue weighted by atomic mass is 10.1. The van der Waals surface area contributed by atoms with Crippen molar-refractivity contribution in [1.29, 1.82) is 0 Å². The third kappa shape index (κ3) is 8.22. The predicted molar refractivity (Wildman–Crippen MR) is 188 cm³/mol. The zero-order valence-electron chi connectivity index (χ0n) is 28.9. The van der Waals surface area contributed by atoms with Gasteiger partial charge in [-0.05, 0) is 55.9 Å². The predicted octanol–water partition coefficient (Wildman–Crippen LogP) is 8.24. The molecule has 1 N–H and O–H groups in total. The van der Waals surface area contributed by atoms with E-state index in [1.165, 1.54) is 12.1 Å². The number of hydrogen-bond acceptors (Lipinski definition) is 9. The van der Waals surface area contributed by atoms with Gasteiger partial charge in [0.1, 0.15) is 34.7 Å². The summed E-state index contributed by atoms with van der Waals surface area (Å²) in [6.45, 7) is 14.2. The highest BCUT2D eigenvalue weighted by Crippen LogP contribution is 2.37. The van der Waals surface area contributed by atoms with Gasteiger partial charge in [-0.3, -0.25) is 4.68 Å². The minimum absolute atomic E-state index is 0.109. The summed E-state index contributed by atoms with van der Waals surface area (Å²) in [5, 5.41) is 8.87. The summed E-state index contributed by atoms with van der Waals surface area (Å²) in [5.41, 5.74) is 1.02. The lowest BCUT2D eigenvalue weighted by Gasteiger charge is -2.36. The second kappa shape index (κ2) is 14.2. The van der Waals surface area contributed by atoms with Crippen LogP contribution in [0.2, 0.25) is 18.1 Å². The van der Waals surface area contributed by atoms with E-state index in [9.17, 15) is 0 Å². The van der Waals surface area contributed by atoms with E-state index in [1.807, 2.05) is 24.3 Å². The highest BCUT2D eigenvalue weighted by atomic mass is 28.4. The molecule has 1 aliphatic carbocycles. The van der Waals surface area contributed by atoms with Crippen LogP contribution in [0.25, 0.3) is 22.4 Å². The minimum Gasteiger partial charge on any atom is -0.493 e. The summed E-state index contributed by atoms with van der Waals surface area (Å²) in [6, 6.07) is 11.7. The minimum atomic E-state index is -1.87. The van der Waals surface area contributed by atoms with Gasteiger partial charge < -0.3 is 19.2 Å². The molecule has 1 saturated carbocycles. The smallest absolute Gasteiger partial charge is 0.191 e. The zero-order valence-corrected chi connectivity index (χ0v) is 29.9. The highest BCUT2D eigenvalue weighted by Gasteiger charge is 2.36. The van der Waals surface area contributed by atoms with E-state index >= 15 is 8.78 Å². The second-order valence-corrected chi connectivity index (χ2v) is 18.8. The van der Waals surface area contributed by atoms with Crippen LogP contribution in [0.1, 0.15) is 51.4 Å². The summed E-state index contributed by atoms with van der Waals surface area (Å²) in [5.74, 6) is 1.55. The molecule has 0 unspecified atom stereocenters. The van der Waals surface area contributed by atoms with Crippen molar-refractivity contribution in [2.45, 2.75) is 71.6 Å². The lowest BCUT2D eigenvalue weighted by Crippen LogP contribution is -2.41. The molecule has 1 fully saturated rings. The molecule has 3 heterocycles. The van der Waals surface area contributed by atoms with Crippen LogP contribution in [0.3, 0.4) is 0 Å². The molecule has 0 amide bonds. The van der Waals surface area contributed by atoms with Gasteiger partial charge in [-0.2, -0.15) is 5.10 Å². The molecule has 5 aromatic rings. The molecule has 6 rings (SSSR count). The monoisotopic (exact) mass is 687 g/mol. The summed E-state index contributed by atoms with van der Waals surface area (Å²) in [4.78, 5) is 18.1. The van der Waals surface area contributed by atoms with E-state index < -0.39 is 20.0 Å². The molecule has 0 atom stereocenters. The number of nitrogens with one attached hydrogen (secondary N) is 1. The molecule has 258 valence electrons. The first kappa shape index (κ1) is 34.4. The van der Waals surface area contributed by atoms with E-state index in [4.69, 9.17) is 24.0 Å². The molecule has 0 aliphatic heterocycles. The first-order valence-corrected chi connectivity index (χ1v) is 19.6. The largest absolute Gasteiger partial charge is 0.493 e. The summed E-state index contributed by atoms with van der Waals surface area (Å²) >= 11 is 0. The number of rotatable bonds is 14. The third-order valence-corrected chi connectivity index (χ3v) is 13.6. The van der Waals surface area contributed by atoms with Gasteiger partial charge in [0.15, 0.2) is 25.7 Å². The highest BCUT2D eigenvalue weighted by molar-refractivity contribution is 6.74. The standard InChI is InChI=1S/C36H43F2N7O3Si/c1-23-39-15-14-32(41-23)42-34-31(46-16-9-17-48-49(5,6)36(2,3)4)20-40-35(43-34)33-26-10-7-8-11-30(26)45(44-33)21-27-28(37)18-25(19-29(27)38)47-22-24-12-13-24/h7-8,10-11,14-15,18-20,24H,9,12-13,16-17,21-22H2,1-6H3,(H,39,40,41,42,43). The lowest BCUT2D eigenvalue weighted by molar-refractivity contribution is 0.233. The summed E-state index contributed by atoms with van der Waals surface area (Å²) in [6.07, 6.45) is 6.12. The summed E-state index contributed by atoms with van der Waals surface area (Å²) in [7, 11) is -1.87. The zero-order chi connectivity index (χ0) is 34.8. The third-order valence-electron chi connectivity index (χ3n) is 9.07. The van der Waals surface area contributed by atoms with Crippen molar-refractivity contribution in [3.8, 4) is 23.0 Å². The van der Waals surface area contributed by atoms with Gasteiger partial charge in [-0.15, -0.1) is 0 Å². The number of para-hydroxylation sites is 1. The maximum atomic E-state index is 15.2. The van der Waals surface area contributed by atoms with Crippen LogP contribution in [-0.2, 0) is 11.0 Å². The van der Waals surface area contributed by atoms with Gasteiger partial charge in [0.2, 0.25) is 0 Å². The number of aromatic nitrogens is 6. The number of nitrogens with zero attached hydrogens (tertiary/aromatic N) is 6. The first-order valence-electron chi connectivity index (χ1n) is 16.6. The van der Waals surface area contributed by atoms with Gasteiger partial charge >= 0.3 is 0 Å². The topological polar surface area (TPSA) is 109 Å². The van der Waals surface area contributed by atoms with E-state index in [1.54, 1.807) is 30.1 Å². The molecule has 49 heavy (non-hydrogen) atoms. The van der Waals surface area contributed by atoms with Gasteiger partial charge in [0, 0.05) is 42.3 Å². The molecular formula is C36H43F2N7O3Si. The quantitative estimate of drug-likeness (QED) is 0.0912. The summed E-state index contributed by atoms with van der Waals surface area (Å²) < 4.78 is 50.1. The number of hydrogen-bond donors (Lipinski definition) is 1. The Kier molecular flexibility index (Phi) is 9.93. The van der Waals surface area contributed by atoms with Crippen molar-refractivity contribution in [2.75, 3.05) is 25.1 Å². The molecule has 2 aromatic carbocycles. The Morgan fingerprint density at radius 1 is 0.980 bits per heavy atom. The molecule has 13 heteroatoms. The Morgan fingerprint density at radius 3 is 2.45 bits per heavy atom. The molecule has 10 nitrogen and oxygen atoms in total. The molecular weight excluding hydrogens is 645 g/mol. The van der Waals surface area contributed by atoms with Crippen LogP contribution < -0.4 is 14.8 Å². The van der Waals surface area contributed by atoms with Gasteiger partial charge in [0.25, 0.3) is 0 Å². The Labute approximate surface area is 286 Å². The number of anilines is 2. The number of aryl methyl sites for hydroxylation is 1. The fourth-order valence-electron chi connectivity index (χ4n) is 4.99. The van der Waals surface area contributed by atoms with E-state index in [0.29, 0.717) is 72.4 Å². The van der Waals surface area contributed by atoms with E-state index in [-0.39, 0.29) is 22.9 Å². The van der Waals surface area contributed by atoms with Crippen molar-refractivity contribution in [1.82, 2.24) is 29.7 Å². The van der Waals surface area contributed by atoms with Crippen LogP contribution in [0.4, 0.5) is 20.4 Å².